The number of hydrogen-bond donors (Lipinski definition) is 0. The fraction of sp³-hybridized carbons (Fsp3) is 0.778. The Morgan fingerprint density at radius 3 is 2.90 bits per heavy atom. The highest BCUT2D eigenvalue weighted by Gasteiger charge is 2.26. The van der Waals surface area contributed by atoms with E-state index in [9.17, 15) is 0 Å². The van der Waals surface area contributed by atoms with Crippen LogP contribution in [0.25, 0.3) is 0 Å². The van der Waals surface area contributed by atoms with Crippen LogP contribution >= 0.6 is 0 Å². The maximum Gasteiger partial charge on any atom is 0.0812 e. The number of hydrogen-bond acceptors (Lipinski definition) is 1. The normalized spacial score (nSPS) is 38.0. The first kappa shape index (κ1) is 6.41. The van der Waals surface area contributed by atoms with E-state index in [4.69, 9.17) is 4.74 Å². The van der Waals surface area contributed by atoms with E-state index in [-0.39, 0.29) is 0 Å². The van der Waals surface area contributed by atoms with Crippen LogP contribution in [0.5, 0.6) is 0 Å². The second-order valence-electron chi connectivity index (χ2n) is 3.34. The number of allylic oxidation sites excluding steroid dienone is 2. The van der Waals surface area contributed by atoms with E-state index in [0.29, 0.717) is 6.10 Å². The van der Waals surface area contributed by atoms with Crippen molar-refractivity contribution in [3.63, 3.8) is 0 Å². The summed E-state index contributed by atoms with van der Waals surface area (Å²) in [6.45, 7) is 1.03. The lowest BCUT2D eigenvalue weighted by molar-refractivity contribution is 0.339. The molecule has 56 valence electrons. The Hall–Kier alpha value is -0.300. The monoisotopic (exact) mass is 138 g/mol. The summed E-state index contributed by atoms with van der Waals surface area (Å²) in [6, 6.07) is 0. The van der Waals surface area contributed by atoms with Gasteiger partial charge in [-0.3, -0.25) is 0 Å². The average molecular weight is 138 g/mol. The van der Waals surface area contributed by atoms with Crippen molar-refractivity contribution in [3.05, 3.63) is 12.2 Å². The summed E-state index contributed by atoms with van der Waals surface area (Å²) in [7, 11) is 0. The van der Waals surface area contributed by atoms with Gasteiger partial charge in [0.05, 0.1) is 12.7 Å². The van der Waals surface area contributed by atoms with E-state index in [2.05, 4.69) is 12.2 Å². The highest BCUT2D eigenvalue weighted by Crippen LogP contribution is 2.27. The van der Waals surface area contributed by atoms with Crippen LogP contribution in [0.2, 0.25) is 0 Å². The van der Waals surface area contributed by atoms with Crippen LogP contribution in [0.15, 0.2) is 12.2 Å². The molecule has 0 spiro atoms. The molecular weight excluding hydrogens is 124 g/mol. The average Bonchev–Trinajstić information content (AvgIpc) is 2.74. The molecule has 1 heteroatoms. The third kappa shape index (κ3) is 1.60. The molecule has 1 saturated heterocycles. The quantitative estimate of drug-likeness (QED) is 0.420. The van der Waals surface area contributed by atoms with Crippen molar-refractivity contribution in [2.24, 2.45) is 5.92 Å². The van der Waals surface area contributed by atoms with Crippen molar-refractivity contribution >= 4 is 0 Å². The van der Waals surface area contributed by atoms with Crippen molar-refractivity contribution in [3.8, 4) is 0 Å². The molecule has 10 heavy (non-hydrogen) atoms. The summed E-state index contributed by atoms with van der Waals surface area (Å²) in [5.41, 5.74) is 0. The van der Waals surface area contributed by atoms with E-state index < -0.39 is 0 Å². The molecule has 2 aliphatic rings. The van der Waals surface area contributed by atoms with Gasteiger partial charge in [-0.05, 0) is 31.6 Å². The molecule has 0 saturated carbocycles. The summed E-state index contributed by atoms with van der Waals surface area (Å²) in [5, 5.41) is 0. The van der Waals surface area contributed by atoms with Gasteiger partial charge in [-0.2, -0.15) is 0 Å². The van der Waals surface area contributed by atoms with Crippen molar-refractivity contribution in [1.29, 1.82) is 0 Å². The van der Waals surface area contributed by atoms with Gasteiger partial charge in [0.2, 0.25) is 0 Å². The van der Waals surface area contributed by atoms with Gasteiger partial charge in [0.25, 0.3) is 0 Å². The molecule has 0 aromatic carbocycles. The van der Waals surface area contributed by atoms with Crippen LogP contribution < -0.4 is 0 Å². The van der Waals surface area contributed by atoms with E-state index in [0.717, 1.165) is 12.5 Å². The Morgan fingerprint density at radius 1 is 1.40 bits per heavy atom. The van der Waals surface area contributed by atoms with E-state index in [1.54, 1.807) is 0 Å². The van der Waals surface area contributed by atoms with E-state index in [1.807, 2.05) is 0 Å². The minimum Gasteiger partial charge on any atom is -0.373 e. The van der Waals surface area contributed by atoms with Crippen molar-refractivity contribution in [2.45, 2.75) is 31.8 Å². The first-order valence-corrected chi connectivity index (χ1v) is 4.22. The van der Waals surface area contributed by atoms with Gasteiger partial charge >= 0.3 is 0 Å². The molecule has 0 aromatic rings. The largest absolute Gasteiger partial charge is 0.373 e. The van der Waals surface area contributed by atoms with E-state index >= 15 is 0 Å². The SMILES string of the molecule is C1=CCC(CC2CO2)CC1. The molecule has 1 aliphatic carbocycles. The minimum atomic E-state index is 0.636. The van der Waals surface area contributed by atoms with Gasteiger partial charge in [-0.25, -0.2) is 0 Å². The maximum absolute atomic E-state index is 5.19. The zero-order valence-electron chi connectivity index (χ0n) is 6.25. The Balaban J connectivity index is 1.75. The molecule has 2 rings (SSSR count). The number of rotatable bonds is 2. The standard InChI is InChI=1S/C9H14O/c1-2-4-8(5-3-1)6-9-7-10-9/h1-2,8-9H,3-7H2. The first-order valence-electron chi connectivity index (χ1n) is 4.22. The summed E-state index contributed by atoms with van der Waals surface area (Å²) >= 11 is 0. The molecular formula is C9H14O. The summed E-state index contributed by atoms with van der Waals surface area (Å²) in [6.07, 6.45) is 10.5. The predicted octanol–water partition coefficient (Wildman–Crippen LogP) is 2.13. The second kappa shape index (κ2) is 2.75. The lowest BCUT2D eigenvalue weighted by Crippen LogP contribution is -2.05. The lowest BCUT2D eigenvalue weighted by atomic mass is 9.90. The third-order valence-electron chi connectivity index (χ3n) is 2.38. The highest BCUT2D eigenvalue weighted by atomic mass is 16.6. The van der Waals surface area contributed by atoms with Crippen molar-refractivity contribution in [2.75, 3.05) is 6.61 Å². The zero-order valence-corrected chi connectivity index (χ0v) is 6.25. The van der Waals surface area contributed by atoms with Crippen LogP contribution in [-0.4, -0.2) is 12.7 Å². The Kier molecular flexibility index (Phi) is 1.76. The molecule has 1 heterocycles. The van der Waals surface area contributed by atoms with Gasteiger partial charge in [-0.1, -0.05) is 12.2 Å². The summed E-state index contributed by atoms with van der Waals surface area (Å²) in [5.74, 6) is 0.928. The molecule has 0 amide bonds. The Morgan fingerprint density at radius 2 is 2.30 bits per heavy atom. The molecule has 1 fully saturated rings. The molecule has 0 radical (unpaired) electrons. The van der Waals surface area contributed by atoms with Gasteiger partial charge in [0, 0.05) is 0 Å². The second-order valence-corrected chi connectivity index (χ2v) is 3.34. The predicted molar refractivity (Wildman–Crippen MR) is 40.8 cm³/mol. The molecule has 2 unspecified atom stereocenters. The summed E-state index contributed by atoms with van der Waals surface area (Å²) < 4.78 is 5.19. The Labute approximate surface area is 62.1 Å². The topological polar surface area (TPSA) is 12.5 Å². The zero-order chi connectivity index (χ0) is 6.81. The van der Waals surface area contributed by atoms with Crippen LogP contribution in [0.1, 0.15) is 25.7 Å². The smallest absolute Gasteiger partial charge is 0.0812 e. The molecule has 1 nitrogen and oxygen atoms in total. The van der Waals surface area contributed by atoms with Gasteiger partial charge in [0.1, 0.15) is 0 Å². The van der Waals surface area contributed by atoms with Gasteiger partial charge in [0.15, 0.2) is 0 Å². The minimum absolute atomic E-state index is 0.636. The maximum atomic E-state index is 5.19. The fourth-order valence-electron chi connectivity index (χ4n) is 1.65. The lowest BCUT2D eigenvalue weighted by Gasteiger charge is -2.15. The number of ether oxygens (including phenoxy) is 1. The summed E-state index contributed by atoms with van der Waals surface area (Å²) in [4.78, 5) is 0. The highest BCUT2D eigenvalue weighted by molar-refractivity contribution is 4.91. The Bertz CT molecular complexity index is 136. The van der Waals surface area contributed by atoms with Crippen LogP contribution in [0.3, 0.4) is 0 Å². The van der Waals surface area contributed by atoms with Gasteiger partial charge < -0.3 is 4.74 Å². The van der Waals surface area contributed by atoms with Gasteiger partial charge in [-0.15, -0.1) is 0 Å². The molecule has 0 N–H and O–H groups in total. The third-order valence-corrected chi connectivity index (χ3v) is 2.38. The molecule has 0 aromatic heterocycles. The molecule has 0 bridgehead atoms. The van der Waals surface area contributed by atoms with Crippen LogP contribution in [0, 0.1) is 5.92 Å². The molecule has 2 atom stereocenters. The molecule has 1 aliphatic heterocycles. The fourth-order valence-corrected chi connectivity index (χ4v) is 1.65. The number of epoxide rings is 1. The first-order chi connectivity index (χ1) is 4.95. The van der Waals surface area contributed by atoms with E-state index in [1.165, 1.54) is 25.7 Å². The van der Waals surface area contributed by atoms with Crippen molar-refractivity contribution in [1.82, 2.24) is 0 Å². The van der Waals surface area contributed by atoms with Crippen molar-refractivity contribution < 1.29 is 4.74 Å². The van der Waals surface area contributed by atoms with Crippen LogP contribution in [-0.2, 0) is 4.74 Å². The van der Waals surface area contributed by atoms with Crippen LogP contribution in [0.4, 0.5) is 0 Å².